The summed E-state index contributed by atoms with van der Waals surface area (Å²) >= 11 is 5.83. The Balaban J connectivity index is 1.67. The van der Waals surface area contributed by atoms with Crippen LogP contribution < -0.4 is 10.7 Å². The van der Waals surface area contributed by atoms with E-state index in [4.69, 9.17) is 26.0 Å². The molecule has 7 nitrogen and oxygen atoms in total. The van der Waals surface area contributed by atoms with Crippen molar-refractivity contribution in [1.82, 2.24) is 0 Å². The second-order valence-corrected chi connectivity index (χ2v) is 5.87. The van der Waals surface area contributed by atoms with Crippen LogP contribution in [0.2, 0.25) is 5.02 Å². The molecular formula is C19H11ClN2O5. The van der Waals surface area contributed by atoms with Gasteiger partial charge in [-0.05, 0) is 36.4 Å². The molecule has 1 amide bonds. The fraction of sp³-hybridized carbons (Fsp3) is 0.0526. The monoisotopic (exact) mass is 382 g/mol. The number of carbonyl (C=O) groups excluding carboxylic acids is 2. The van der Waals surface area contributed by atoms with Gasteiger partial charge in [-0.25, -0.2) is 4.79 Å². The molecule has 0 aliphatic rings. The van der Waals surface area contributed by atoms with Crippen LogP contribution in [0.5, 0.6) is 0 Å². The maximum absolute atomic E-state index is 12.1. The standard InChI is InChI=1S/C19H11ClN2O5/c20-12-4-5-16-14(7-12)15(23)8-17(27-16)19(25)26-10-18(24)22-13-3-1-2-11(6-13)9-21/h1-8H,10H2,(H,22,24). The predicted molar refractivity (Wildman–Crippen MR) is 97.6 cm³/mol. The largest absolute Gasteiger partial charge is 0.450 e. The van der Waals surface area contributed by atoms with Gasteiger partial charge < -0.3 is 14.5 Å². The first-order valence-corrected chi connectivity index (χ1v) is 8.04. The number of fused-ring (bicyclic) bond motifs is 1. The third-order valence-corrected chi connectivity index (χ3v) is 3.74. The van der Waals surface area contributed by atoms with Crippen LogP contribution in [0.4, 0.5) is 5.69 Å². The molecular weight excluding hydrogens is 372 g/mol. The van der Waals surface area contributed by atoms with Gasteiger partial charge in [0, 0.05) is 16.8 Å². The lowest BCUT2D eigenvalue weighted by atomic mass is 10.2. The van der Waals surface area contributed by atoms with Gasteiger partial charge in [-0.15, -0.1) is 0 Å². The molecule has 1 heterocycles. The quantitative estimate of drug-likeness (QED) is 0.694. The summed E-state index contributed by atoms with van der Waals surface area (Å²) in [6, 6.07) is 13.6. The summed E-state index contributed by atoms with van der Waals surface area (Å²) in [4.78, 5) is 36.0. The van der Waals surface area contributed by atoms with Crippen molar-refractivity contribution in [2.45, 2.75) is 0 Å². The summed E-state index contributed by atoms with van der Waals surface area (Å²) in [6.07, 6.45) is 0. The molecule has 0 aliphatic heterocycles. The van der Waals surface area contributed by atoms with Crippen molar-refractivity contribution in [2.24, 2.45) is 0 Å². The van der Waals surface area contributed by atoms with Crippen LogP contribution in [0, 0.1) is 11.3 Å². The molecule has 0 saturated heterocycles. The van der Waals surface area contributed by atoms with E-state index in [1.54, 1.807) is 18.2 Å². The third-order valence-electron chi connectivity index (χ3n) is 3.50. The van der Waals surface area contributed by atoms with Crippen LogP contribution in [-0.4, -0.2) is 18.5 Å². The summed E-state index contributed by atoms with van der Waals surface area (Å²) in [5.41, 5.74) is 0.493. The maximum Gasteiger partial charge on any atom is 0.374 e. The lowest BCUT2D eigenvalue weighted by Gasteiger charge is -2.07. The summed E-state index contributed by atoms with van der Waals surface area (Å²) in [5, 5.41) is 11.9. The lowest BCUT2D eigenvalue weighted by molar-refractivity contribution is -0.119. The Morgan fingerprint density at radius 2 is 2.00 bits per heavy atom. The first-order chi connectivity index (χ1) is 13.0. The van der Waals surface area contributed by atoms with E-state index < -0.39 is 23.9 Å². The molecule has 0 unspecified atom stereocenters. The SMILES string of the molecule is N#Cc1cccc(NC(=O)COC(=O)c2cc(=O)c3cc(Cl)ccc3o2)c1. The van der Waals surface area contributed by atoms with Crippen LogP contribution in [0.1, 0.15) is 16.1 Å². The Labute approximate surface area is 157 Å². The molecule has 2 aromatic carbocycles. The third kappa shape index (κ3) is 4.32. The second kappa shape index (κ2) is 7.72. The van der Waals surface area contributed by atoms with Gasteiger partial charge in [0.05, 0.1) is 17.0 Å². The number of nitrogens with zero attached hydrogens (tertiary/aromatic N) is 1. The predicted octanol–water partition coefficient (Wildman–Crippen LogP) is 3.11. The Morgan fingerprint density at radius 1 is 1.19 bits per heavy atom. The van der Waals surface area contributed by atoms with Gasteiger partial charge in [0.2, 0.25) is 5.76 Å². The molecule has 0 radical (unpaired) electrons. The van der Waals surface area contributed by atoms with Crippen molar-refractivity contribution < 1.29 is 18.7 Å². The topological polar surface area (TPSA) is 109 Å². The van der Waals surface area contributed by atoms with Gasteiger partial charge in [0.1, 0.15) is 5.58 Å². The molecule has 0 atom stereocenters. The van der Waals surface area contributed by atoms with E-state index in [9.17, 15) is 14.4 Å². The molecule has 3 rings (SSSR count). The smallest absolute Gasteiger partial charge is 0.374 e. The molecule has 1 aromatic heterocycles. The van der Waals surface area contributed by atoms with Gasteiger partial charge in [0.15, 0.2) is 12.0 Å². The molecule has 0 aliphatic carbocycles. The molecule has 3 aromatic rings. The van der Waals surface area contributed by atoms with Crippen LogP contribution in [0.25, 0.3) is 11.0 Å². The minimum atomic E-state index is -0.954. The molecule has 8 heteroatoms. The fourth-order valence-corrected chi connectivity index (χ4v) is 2.47. The van der Waals surface area contributed by atoms with E-state index in [1.807, 2.05) is 6.07 Å². The number of nitrogens with one attached hydrogen (secondary N) is 1. The van der Waals surface area contributed by atoms with Gasteiger partial charge in [-0.2, -0.15) is 5.26 Å². The lowest BCUT2D eigenvalue weighted by Crippen LogP contribution is -2.21. The highest BCUT2D eigenvalue weighted by Crippen LogP contribution is 2.18. The summed E-state index contributed by atoms with van der Waals surface area (Å²) in [6.45, 7) is -0.585. The number of hydrogen-bond acceptors (Lipinski definition) is 6. The Bertz CT molecular complexity index is 1150. The maximum atomic E-state index is 12.1. The first kappa shape index (κ1) is 18.2. The number of benzene rings is 2. The number of rotatable bonds is 4. The number of carbonyl (C=O) groups is 2. The number of anilines is 1. The van der Waals surface area contributed by atoms with Crippen LogP contribution in [0.15, 0.2) is 57.7 Å². The number of hydrogen-bond donors (Lipinski definition) is 1. The molecule has 27 heavy (non-hydrogen) atoms. The highest BCUT2D eigenvalue weighted by molar-refractivity contribution is 6.31. The van der Waals surface area contributed by atoms with Gasteiger partial charge in [0.25, 0.3) is 5.91 Å². The zero-order chi connectivity index (χ0) is 19.4. The number of esters is 1. The fourth-order valence-electron chi connectivity index (χ4n) is 2.29. The molecule has 1 N–H and O–H groups in total. The summed E-state index contributed by atoms with van der Waals surface area (Å²) in [5.74, 6) is -1.88. The average molecular weight is 383 g/mol. The molecule has 0 spiro atoms. The van der Waals surface area contributed by atoms with Crippen molar-refractivity contribution in [1.29, 1.82) is 5.26 Å². The normalized spacial score (nSPS) is 10.2. The van der Waals surface area contributed by atoms with E-state index in [2.05, 4.69) is 5.32 Å². The summed E-state index contributed by atoms with van der Waals surface area (Å²) in [7, 11) is 0. The molecule has 134 valence electrons. The molecule has 0 bridgehead atoms. The Kier molecular flexibility index (Phi) is 5.20. The van der Waals surface area contributed by atoms with E-state index in [0.29, 0.717) is 16.3 Å². The van der Waals surface area contributed by atoms with E-state index >= 15 is 0 Å². The van der Waals surface area contributed by atoms with E-state index in [-0.39, 0.29) is 16.7 Å². The van der Waals surface area contributed by atoms with Crippen LogP contribution >= 0.6 is 11.6 Å². The van der Waals surface area contributed by atoms with Gasteiger partial charge in [-0.1, -0.05) is 17.7 Å². The Morgan fingerprint density at radius 3 is 2.78 bits per heavy atom. The second-order valence-electron chi connectivity index (χ2n) is 5.43. The zero-order valence-corrected chi connectivity index (χ0v) is 14.4. The van der Waals surface area contributed by atoms with E-state index in [0.717, 1.165) is 6.07 Å². The van der Waals surface area contributed by atoms with Crippen molar-refractivity contribution in [2.75, 3.05) is 11.9 Å². The number of ether oxygens (including phenoxy) is 1. The van der Waals surface area contributed by atoms with Crippen molar-refractivity contribution in [3.63, 3.8) is 0 Å². The number of amides is 1. The highest BCUT2D eigenvalue weighted by Gasteiger charge is 2.16. The Hall–Kier alpha value is -3.63. The van der Waals surface area contributed by atoms with Crippen molar-refractivity contribution in [3.05, 3.63) is 75.1 Å². The van der Waals surface area contributed by atoms with Crippen molar-refractivity contribution in [3.8, 4) is 6.07 Å². The van der Waals surface area contributed by atoms with Crippen LogP contribution in [0.3, 0.4) is 0 Å². The summed E-state index contributed by atoms with van der Waals surface area (Å²) < 4.78 is 10.2. The van der Waals surface area contributed by atoms with Gasteiger partial charge >= 0.3 is 5.97 Å². The van der Waals surface area contributed by atoms with Crippen LogP contribution in [-0.2, 0) is 9.53 Å². The first-order valence-electron chi connectivity index (χ1n) is 7.67. The number of halogens is 1. The van der Waals surface area contributed by atoms with Gasteiger partial charge in [-0.3, -0.25) is 9.59 Å². The number of nitriles is 1. The average Bonchev–Trinajstić information content (AvgIpc) is 2.66. The minimum absolute atomic E-state index is 0.177. The highest BCUT2D eigenvalue weighted by atomic mass is 35.5. The molecule has 0 fully saturated rings. The van der Waals surface area contributed by atoms with E-state index in [1.165, 1.54) is 24.3 Å². The van der Waals surface area contributed by atoms with Crippen molar-refractivity contribution >= 4 is 40.1 Å². The molecule has 0 saturated carbocycles. The minimum Gasteiger partial charge on any atom is -0.450 e. The zero-order valence-electron chi connectivity index (χ0n) is 13.7.